The standard InChI is InChI=1S/C21H28N4OS/c1-14(20-13-27-15(2)23-20)22-17-8-10-25(11-9-17)19-5-3-4-18(12-19)24-21(26)16-6-7-16/h3-5,12-14,16-17,22H,6-11H2,1-2H3,(H,24,26). The summed E-state index contributed by atoms with van der Waals surface area (Å²) in [6.45, 7) is 6.31. The molecule has 2 fully saturated rings. The van der Waals surface area contributed by atoms with Crippen LogP contribution >= 0.6 is 11.3 Å². The Bertz CT molecular complexity index is 793. The maximum Gasteiger partial charge on any atom is 0.227 e. The molecule has 0 radical (unpaired) electrons. The van der Waals surface area contributed by atoms with Crippen LogP contribution in [0.5, 0.6) is 0 Å². The quantitative estimate of drug-likeness (QED) is 0.787. The molecule has 5 nitrogen and oxygen atoms in total. The van der Waals surface area contributed by atoms with Crippen LogP contribution in [0.1, 0.15) is 49.4 Å². The van der Waals surface area contributed by atoms with Crippen LogP contribution in [-0.2, 0) is 4.79 Å². The van der Waals surface area contributed by atoms with Crippen LogP contribution in [0.3, 0.4) is 0 Å². The Balaban J connectivity index is 1.30. The number of anilines is 2. The molecule has 0 bridgehead atoms. The summed E-state index contributed by atoms with van der Waals surface area (Å²) in [5, 5.41) is 10.1. The number of thiazole rings is 1. The van der Waals surface area contributed by atoms with E-state index in [-0.39, 0.29) is 11.8 Å². The molecule has 1 aliphatic heterocycles. The van der Waals surface area contributed by atoms with Crippen molar-refractivity contribution < 1.29 is 4.79 Å². The molecular formula is C21H28N4OS. The SMILES string of the molecule is Cc1nc(C(C)NC2CCN(c3cccc(NC(=O)C4CC4)c3)CC2)cs1. The van der Waals surface area contributed by atoms with Gasteiger partial charge < -0.3 is 15.5 Å². The summed E-state index contributed by atoms with van der Waals surface area (Å²) < 4.78 is 0. The third kappa shape index (κ3) is 4.68. The average Bonchev–Trinajstić information content (AvgIpc) is 3.43. The van der Waals surface area contributed by atoms with Crippen molar-refractivity contribution in [2.24, 2.45) is 5.92 Å². The molecule has 1 atom stereocenters. The van der Waals surface area contributed by atoms with E-state index in [9.17, 15) is 4.79 Å². The molecule has 6 heteroatoms. The van der Waals surface area contributed by atoms with Gasteiger partial charge in [0.2, 0.25) is 5.91 Å². The van der Waals surface area contributed by atoms with Gasteiger partial charge in [0, 0.05) is 47.8 Å². The van der Waals surface area contributed by atoms with Crippen LogP contribution in [-0.4, -0.2) is 30.0 Å². The highest BCUT2D eigenvalue weighted by molar-refractivity contribution is 7.09. The molecule has 1 saturated carbocycles. The number of aromatic nitrogens is 1. The Morgan fingerprint density at radius 2 is 2.04 bits per heavy atom. The zero-order valence-electron chi connectivity index (χ0n) is 16.1. The smallest absolute Gasteiger partial charge is 0.227 e. The van der Waals surface area contributed by atoms with Gasteiger partial charge in [-0.15, -0.1) is 11.3 Å². The monoisotopic (exact) mass is 384 g/mol. The summed E-state index contributed by atoms with van der Waals surface area (Å²) >= 11 is 1.71. The van der Waals surface area contributed by atoms with Crippen molar-refractivity contribution in [2.45, 2.75) is 51.6 Å². The highest BCUT2D eigenvalue weighted by Gasteiger charge is 2.29. The fourth-order valence-electron chi connectivity index (χ4n) is 3.69. The molecule has 2 heterocycles. The molecular weight excluding hydrogens is 356 g/mol. The van der Waals surface area contributed by atoms with E-state index in [1.807, 2.05) is 12.1 Å². The third-order valence-corrected chi connectivity index (χ3v) is 6.28. The summed E-state index contributed by atoms with van der Waals surface area (Å²) in [6, 6.07) is 9.09. The van der Waals surface area contributed by atoms with Crippen LogP contribution in [0.15, 0.2) is 29.6 Å². The summed E-state index contributed by atoms with van der Waals surface area (Å²) in [5.41, 5.74) is 3.27. The normalized spacial score (nSPS) is 19.1. The first-order chi connectivity index (χ1) is 13.1. The zero-order chi connectivity index (χ0) is 18.8. The average molecular weight is 385 g/mol. The Labute approximate surface area is 165 Å². The molecule has 4 rings (SSSR count). The highest BCUT2D eigenvalue weighted by Crippen LogP contribution is 2.31. The molecule has 0 spiro atoms. The summed E-state index contributed by atoms with van der Waals surface area (Å²) in [4.78, 5) is 19.0. The minimum atomic E-state index is 0.168. The van der Waals surface area contributed by atoms with Crippen molar-refractivity contribution >= 4 is 28.6 Å². The molecule has 1 aromatic heterocycles. The fraction of sp³-hybridized carbons (Fsp3) is 0.524. The molecule has 2 N–H and O–H groups in total. The van der Waals surface area contributed by atoms with Crippen LogP contribution in [0, 0.1) is 12.8 Å². The van der Waals surface area contributed by atoms with E-state index in [1.54, 1.807) is 11.3 Å². The van der Waals surface area contributed by atoms with Gasteiger partial charge >= 0.3 is 0 Å². The van der Waals surface area contributed by atoms with E-state index in [1.165, 1.54) is 5.69 Å². The Kier molecular flexibility index (Phi) is 5.45. The van der Waals surface area contributed by atoms with Crippen LogP contribution in [0.25, 0.3) is 0 Å². The first-order valence-electron chi connectivity index (χ1n) is 9.92. The number of benzene rings is 1. The predicted molar refractivity (Wildman–Crippen MR) is 111 cm³/mol. The van der Waals surface area contributed by atoms with E-state index in [0.717, 1.165) is 55.2 Å². The molecule has 1 unspecified atom stereocenters. The lowest BCUT2D eigenvalue weighted by Crippen LogP contribution is -2.43. The number of nitrogens with zero attached hydrogens (tertiary/aromatic N) is 2. The molecule has 1 aliphatic carbocycles. The van der Waals surface area contributed by atoms with E-state index in [4.69, 9.17) is 0 Å². The first-order valence-corrected chi connectivity index (χ1v) is 10.8. The summed E-state index contributed by atoms with van der Waals surface area (Å²) in [5.74, 6) is 0.403. The molecule has 144 valence electrons. The predicted octanol–water partition coefficient (Wildman–Crippen LogP) is 4.12. The number of hydrogen-bond acceptors (Lipinski definition) is 5. The van der Waals surface area contributed by atoms with Crippen molar-refractivity contribution in [3.63, 3.8) is 0 Å². The second-order valence-electron chi connectivity index (χ2n) is 7.75. The van der Waals surface area contributed by atoms with E-state index in [0.29, 0.717) is 12.1 Å². The van der Waals surface area contributed by atoms with Gasteiger partial charge in [-0.3, -0.25) is 4.79 Å². The Hall–Kier alpha value is -1.92. The van der Waals surface area contributed by atoms with Crippen molar-refractivity contribution in [1.82, 2.24) is 10.3 Å². The van der Waals surface area contributed by atoms with Crippen LogP contribution in [0.2, 0.25) is 0 Å². The lowest BCUT2D eigenvalue weighted by molar-refractivity contribution is -0.117. The summed E-state index contributed by atoms with van der Waals surface area (Å²) in [6.07, 6.45) is 4.30. The van der Waals surface area contributed by atoms with Gasteiger partial charge in [0.1, 0.15) is 0 Å². The number of piperidine rings is 1. The van der Waals surface area contributed by atoms with Gasteiger partial charge in [-0.2, -0.15) is 0 Å². The van der Waals surface area contributed by atoms with Crippen molar-refractivity contribution in [3.8, 4) is 0 Å². The number of carbonyl (C=O) groups excluding carboxylic acids is 1. The number of amides is 1. The Morgan fingerprint density at radius 1 is 1.26 bits per heavy atom. The van der Waals surface area contributed by atoms with E-state index < -0.39 is 0 Å². The van der Waals surface area contributed by atoms with Gasteiger partial charge in [-0.05, 0) is 57.7 Å². The minimum absolute atomic E-state index is 0.168. The number of aryl methyl sites for hydroxylation is 1. The van der Waals surface area contributed by atoms with Crippen molar-refractivity contribution in [1.29, 1.82) is 0 Å². The maximum atomic E-state index is 12.0. The van der Waals surface area contributed by atoms with Crippen molar-refractivity contribution in [2.75, 3.05) is 23.3 Å². The van der Waals surface area contributed by atoms with Crippen LogP contribution < -0.4 is 15.5 Å². The number of rotatable bonds is 6. The number of nitrogens with one attached hydrogen (secondary N) is 2. The topological polar surface area (TPSA) is 57.3 Å². The second kappa shape index (κ2) is 7.98. The lowest BCUT2D eigenvalue weighted by atomic mass is 10.0. The fourth-order valence-corrected chi connectivity index (χ4v) is 4.40. The molecule has 1 saturated heterocycles. The molecule has 1 aromatic carbocycles. The molecule has 27 heavy (non-hydrogen) atoms. The summed E-state index contributed by atoms with van der Waals surface area (Å²) in [7, 11) is 0. The van der Waals surface area contributed by atoms with Crippen molar-refractivity contribution in [3.05, 3.63) is 40.3 Å². The molecule has 1 amide bonds. The van der Waals surface area contributed by atoms with E-state index in [2.05, 4.69) is 51.9 Å². The van der Waals surface area contributed by atoms with Crippen LogP contribution in [0.4, 0.5) is 11.4 Å². The number of carbonyl (C=O) groups is 1. The van der Waals surface area contributed by atoms with Gasteiger partial charge in [0.05, 0.1) is 10.7 Å². The highest BCUT2D eigenvalue weighted by atomic mass is 32.1. The lowest BCUT2D eigenvalue weighted by Gasteiger charge is -2.35. The minimum Gasteiger partial charge on any atom is -0.371 e. The molecule has 2 aliphatic rings. The molecule has 2 aromatic rings. The van der Waals surface area contributed by atoms with Gasteiger partial charge in [0.25, 0.3) is 0 Å². The third-order valence-electron chi connectivity index (χ3n) is 5.49. The largest absolute Gasteiger partial charge is 0.371 e. The van der Waals surface area contributed by atoms with Gasteiger partial charge in [0.15, 0.2) is 0 Å². The van der Waals surface area contributed by atoms with Gasteiger partial charge in [-0.25, -0.2) is 4.98 Å². The zero-order valence-corrected chi connectivity index (χ0v) is 16.9. The number of hydrogen-bond donors (Lipinski definition) is 2. The Morgan fingerprint density at radius 3 is 2.70 bits per heavy atom. The maximum absolute atomic E-state index is 12.0. The van der Waals surface area contributed by atoms with Gasteiger partial charge in [-0.1, -0.05) is 6.07 Å². The van der Waals surface area contributed by atoms with E-state index >= 15 is 0 Å². The first kappa shape index (κ1) is 18.4. The second-order valence-corrected chi connectivity index (χ2v) is 8.82.